The zero-order chi connectivity index (χ0) is 15.4. The molecule has 1 N–H and O–H groups in total. The van der Waals surface area contributed by atoms with Gasteiger partial charge < -0.3 is 10.1 Å². The van der Waals surface area contributed by atoms with Crippen LogP contribution in [0.25, 0.3) is 0 Å². The van der Waals surface area contributed by atoms with Gasteiger partial charge in [-0.2, -0.15) is 0 Å². The van der Waals surface area contributed by atoms with Gasteiger partial charge in [-0.3, -0.25) is 0 Å². The minimum Gasteiger partial charge on any atom is -0.467 e. The Morgan fingerprint density at radius 1 is 1.05 bits per heavy atom. The predicted molar refractivity (Wildman–Crippen MR) is 94.4 cm³/mol. The maximum Gasteiger partial charge on any atom is 0.332 e. The fraction of sp³-hybridized carbons (Fsp3) is 0.133. The molecule has 0 heterocycles. The van der Waals surface area contributed by atoms with Gasteiger partial charge in [-0.25, -0.2) is 4.79 Å². The Balaban J connectivity index is 2.37. The van der Waals surface area contributed by atoms with E-state index >= 15 is 0 Å². The molecule has 0 spiro atoms. The number of ether oxygens (including phenoxy) is 1. The quantitative estimate of drug-likeness (QED) is 0.607. The largest absolute Gasteiger partial charge is 0.467 e. The highest BCUT2D eigenvalue weighted by Gasteiger charge is 2.22. The first-order chi connectivity index (χ1) is 10.0. The standard InChI is InChI=1S/C15H12Br3NO2/c1-21-15(20)14(9-6-7-10(16)12(18)8-9)19-13-5-3-2-4-11(13)17/h2-8,14,19H,1H3. The minimum atomic E-state index is -0.585. The molecule has 0 fully saturated rings. The summed E-state index contributed by atoms with van der Waals surface area (Å²) in [6, 6.07) is 12.7. The number of esters is 1. The summed E-state index contributed by atoms with van der Waals surface area (Å²) in [5.41, 5.74) is 1.64. The summed E-state index contributed by atoms with van der Waals surface area (Å²) in [4.78, 5) is 12.1. The zero-order valence-electron chi connectivity index (χ0n) is 11.1. The number of methoxy groups -OCH3 is 1. The average molecular weight is 478 g/mol. The van der Waals surface area contributed by atoms with E-state index in [0.29, 0.717) is 0 Å². The third kappa shape index (κ3) is 4.08. The highest BCUT2D eigenvalue weighted by Crippen LogP contribution is 2.30. The van der Waals surface area contributed by atoms with Crippen molar-refractivity contribution in [3.63, 3.8) is 0 Å². The van der Waals surface area contributed by atoms with Gasteiger partial charge in [0.05, 0.1) is 7.11 Å². The van der Waals surface area contributed by atoms with Gasteiger partial charge in [-0.05, 0) is 77.6 Å². The van der Waals surface area contributed by atoms with Crippen molar-refractivity contribution < 1.29 is 9.53 Å². The van der Waals surface area contributed by atoms with Crippen LogP contribution in [0.4, 0.5) is 5.69 Å². The molecule has 2 aromatic carbocycles. The van der Waals surface area contributed by atoms with Crippen molar-refractivity contribution in [3.8, 4) is 0 Å². The van der Waals surface area contributed by atoms with Gasteiger partial charge in [0.2, 0.25) is 0 Å². The van der Waals surface area contributed by atoms with Crippen LogP contribution in [0.3, 0.4) is 0 Å². The molecule has 1 atom stereocenters. The molecule has 2 aromatic rings. The van der Waals surface area contributed by atoms with Crippen LogP contribution in [-0.4, -0.2) is 13.1 Å². The molecule has 110 valence electrons. The first kappa shape index (κ1) is 16.5. The van der Waals surface area contributed by atoms with Crippen molar-refractivity contribution in [1.82, 2.24) is 0 Å². The second-order valence-corrected chi connectivity index (χ2v) is 6.82. The van der Waals surface area contributed by atoms with Crippen molar-refractivity contribution in [2.45, 2.75) is 6.04 Å². The number of nitrogens with one attached hydrogen (secondary N) is 1. The number of anilines is 1. The maximum absolute atomic E-state index is 12.1. The summed E-state index contributed by atoms with van der Waals surface area (Å²) in [5, 5.41) is 3.20. The van der Waals surface area contributed by atoms with E-state index in [4.69, 9.17) is 4.74 Å². The van der Waals surface area contributed by atoms with Crippen LogP contribution in [0.5, 0.6) is 0 Å². The number of carbonyl (C=O) groups excluding carboxylic acids is 1. The molecule has 0 aliphatic rings. The van der Waals surface area contributed by atoms with E-state index in [1.165, 1.54) is 7.11 Å². The lowest BCUT2D eigenvalue weighted by Gasteiger charge is -2.19. The first-order valence-corrected chi connectivity index (χ1v) is 8.44. The lowest BCUT2D eigenvalue weighted by atomic mass is 10.1. The third-order valence-electron chi connectivity index (χ3n) is 2.89. The molecule has 2 rings (SSSR count). The molecule has 0 aliphatic heterocycles. The number of rotatable bonds is 4. The summed E-state index contributed by atoms with van der Waals surface area (Å²) in [6.07, 6.45) is 0. The second kappa shape index (κ2) is 7.42. The number of halogens is 3. The summed E-state index contributed by atoms with van der Waals surface area (Å²) in [5.74, 6) is -0.347. The molecule has 3 nitrogen and oxygen atoms in total. The van der Waals surface area contributed by atoms with E-state index in [-0.39, 0.29) is 5.97 Å². The number of para-hydroxylation sites is 1. The van der Waals surface area contributed by atoms with Crippen molar-refractivity contribution in [2.75, 3.05) is 12.4 Å². The normalized spacial score (nSPS) is 11.8. The predicted octanol–water partition coefficient (Wildman–Crippen LogP) is 5.30. The number of carbonyl (C=O) groups is 1. The topological polar surface area (TPSA) is 38.3 Å². The van der Waals surface area contributed by atoms with Gasteiger partial charge in [0.15, 0.2) is 6.04 Å². The van der Waals surface area contributed by atoms with Crippen LogP contribution in [0.15, 0.2) is 55.9 Å². The van der Waals surface area contributed by atoms with Gasteiger partial charge in [0.25, 0.3) is 0 Å². The van der Waals surface area contributed by atoms with Gasteiger partial charge in [-0.15, -0.1) is 0 Å². The van der Waals surface area contributed by atoms with Crippen LogP contribution in [-0.2, 0) is 9.53 Å². The Hall–Kier alpha value is -0.850. The zero-order valence-corrected chi connectivity index (χ0v) is 15.8. The van der Waals surface area contributed by atoms with Gasteiger partial charge in [0, 0.05) is 19.1 Å². The number of hydrogen-bond donors (Lipinski definition) is 1. The van der Waals surface area contributed by atoms with Crippen LogP contribution < -0.4 is 5.32 Å². The number of benzene rings is 2. The molecule has 1 unspecified atom stereocenters. The van der Waals surface area contributed by atoms with Crippen molar-refractivity contribution >= 4 is 59.4 Å². The molecule has 0 aromatic heterocycles. The Morgan fingerprint density at radius 3 is 2.38 bits per heavy atom. The lowest BCUT2D eigenvalue weighted by Crippen LogP contribution is -2.22. The highest BCUT2D eigenvalue weighted by molar-refractivity contribution is 9.13. The Kier molecular flexibility index (Phi) is 5.84. The van der Waals surface area contributed by atoms with Crippen molar-refractivity contribution in [2.24, 2.45) is 0 Å². The van der Waals surface area contributed by atoms with Gasteiger partial charge in [-0.1, -0.05) is 18.2 Å². The summed E-state index contributed by atoms with van der Waals surface area (Å²) in [6.45, 7) is 0. The second-order valence-electron chi connectivity index (χ2n) is 4.25. The molecule has 0 bridgehead atoms. The van der Waals surface area contributed by atoms with E-state index in [9.17, 15) is 4.79 Å². The SMILES string of the molecule is COC(=O)C(Nc1ccccc1Br)c1ccc(Br)c(Br)c1. The van der Waals surface area contributed by atoms with E-state index in [0.717, 1.165) is 24.7 Å². The molecule has 0 saturated carbocycles. The van der Waals surface area contributed by atoms with Crippen LogP contribution in [0.2, 0.25) is 0 Å². The van der Waals surface area contributed by atoms with Gasteiger partial charge >= 0.3 is 5.97 Å². The van der Waals surface area contributed by atoms with Gasteiger partial charge in [0.1, 0.15) is 0 Å². The minimum absolute atomic E-state index is 0.347. The Bertz CT molecular complexity index is 661. The fourth-order valence-corrected chi connectivity index (χ4v) is 2.86. The summed E-state index contributed by atoms with van der Waals surface area (Å²) in [7, 11) is 1.38. The first-order valence-electron chi connectivity index (χ1n) is 6.06. The molecule has 0 radical (unpaired) electrons. The highest BCUT2D eigenvalue weighted by atomic mass is 79.9. The van der Waals surface area contributed by atoms with Crippen molar-refractivity contribution in [1.29, 1.82) is 0 Å². The van der Waals surface area contributed by atoms with E-state index < -0.39 is 6.04 Å². The Morgan fingerprint density at radius 2 is 1.76 bits per heavy atom. The molecule has 6 heteroatoms. The molecular weight excluding hydrogens is 466 g/mol. The van der Waals surface area contributed by atoms with E-state index in [1.54, 1.807) is 0 Å². The average Bonchev–Trinajstić information content (AvgIpc) is 2.48. The van der Waals surface area contributed by atoms with Crippen LogP contribution in [0.1, 0.15) is 11.6 Å². The maximum atomic E-state index is 12.1. The lowest BCUT2D eigenvalue weighted by molar-refractivity contribution is -0.141. The van der Waals surface area contributed by atoms with E-state index in [2.05, 4.69) is 53.1 Å². The smallest absolute Gasteiger partial charge is 0.332 e. The molecule has 21 heavy (non-hydrogen) atoms. The third-order valence-corrected chi connectivity index (χ3v) is 5.46. The summed E-state index contributed by atoms with van der Waals surface area (Å²) >= 11 is 10.3. The fourth-order valence-electron chi connectivity index (χ4n) is 1.82. The monoisotopic (exact) mass is 475 g/mol. The van der Waals surface area contributed by atoms with E-state index in [1.807, 2.05) is 42.5 Å². The molecule has 0 aliphatic carbocycles. The molecule has 0 saturated heterocycles. The van der Waals surface area contributed by atoms with Crippen LogP contribution >= 0.6 is 47.8 Å². The molecule has 0 amide bonds. The van der Waals surface area contributed by atoms with Crippen LogP contribution in [0, 0.1) is 0 Å². The van der Waals surface area contributed by atoms with Crippen molar-refractivity contribution in [3.05, 3.63) is 61.4 Å². The molecular formula is C15H12Br3NO2. The Labute approximate surface area is 148 Å². The summed E-state index contributed by atoms with van der Waals surface area (Å²) < 4.78 is 7.59. The number of hydrogen-bond acceptors (Lipinski definition) is 3.